The fraction of sp³-hybridized carbons (Fsp3) is 0.167. The van der Waals surface area contributed by atoms with Crippen molar-refractivity contribution in [3.05, 3.63) is 47.8 Å². The van der Waals surface area contributed by atoms with Crippen LogP contribution in [0.1, 0.15) is 5.56 Å². The van der Waals surface area contributed by atoms with E-state index in [0.29, 0.717) is 5.69 Å². The molecule has 3 N–H and O–H groups in total. The molecule has 2 aromatic rings. The van der Waals surface area contributed by atoms with E-state index >= 15 is 0 Å². The molecule has 100 valence electrons. The first-order valence-corrected chi connectivity index (χ1v) is 5.63. The number of urea groups is 1. The maximum atomic E-state index is 13.3. The summed E-state index contributed by atoms with van der Waals surface area (Å²) in [7, 11) is 0. The molecule has 0 aliphatic heterocycles. The molecule has 0 fully saturated rings. The third-order valence-electron chi connectivity index (χ3n) is 2.47. The molecule has 1 aromatic carbocycles. The maximum Gasteiger partial charge on any atom is 0.319 e. The first-order chi connectivity index (χ1) is 9.16. The minimum atomic E-state index is -0.889. The fourth-order valence-corrected chi connectivity index (χ4v) is 1.55. The average molecular weight is 266 g/mol. The highest BCUT2D eigenvalue weighted by Crippen LogP contribution is 2.11. The van der Waals surface area contributed by atoms with Crippen LogP contribution in [0.3, 0.4) is 0 Å². The first-order valence-electron chi connectivity index (χ1n) is 5.63. The summed E-state index contributed by atoms with van der Waals surface area (Å²) in [6.45, 7) is 0.198. The van der Waals surface area contributed by atoms with Crippen molar-refractivity contribution in [3.8, 4) is 0 Å². The second-order valence-corrected chi connectivity index (χ2v) is 3.83. The molecule has 5 nitrogen and oxygen atoms in total. The minimum Gasteiger partial charge on any atom is -0.338 e. The zero-order valence-electron chi connectivity index (χ0n) is 9.91. The fourth-order valence-electron chi connectivity index (χ4n) is 1.55. The standard InChI is InChI=1S/C12H12F2N4O/c13-10-3-1-2-8(11(10)14)4-5-15-12(19)18-9-6-16-17-7-9/h1-3,6-7H,4-5H2,(H,16,17)(H2,15,18,19). The van der Waals surface area contributed by atoms with Crippen LogP contribution in [0.5, 0.6) is 0 Å². The molecule has 19 heavy (non-hydrogen) atoms. The Balaban J connectivity index is 1.80. The van der Waals surface area contributed by atoms with Gasteiger partial charge in [0.25, 0.3) is 0 Å². The number of anilines is 1. The number of hydrogen-bond acceptors (Lipinski definition) is 2. The van der Waals surface area contributed by atoms with Gasteiger partial charge in [0, 0.05) is 12.7 Å². The summed E-state index contributed by atoms with van der Waals surface area (Å²) >= 11 is 0. The molecule has 0 atom stereocenters. The van der Waals surface area contributed by atoms with Crippen LogP contribution in [-0.4, -0.2) is 22.8 Å². The Labute approximate surface area is 108 Å². The van der Waals surface area contributed by atoms with Crippen molar-refractivity contribution in [3.63, 3.8) is 0 Å². The van der Waals surface area contributed by atoms with E-state index in [1.165, 1.54) is 24.5 Å². The Bertz CT molecular complexity index is 557. The summed E-state index contributed by atoms with van der Waals surface area (Å²) in [6, 6.07) is 3.53. The number of hydrogen-bond donors (Lipinski definition) is 3. The van der Waals surface area contributed by atoms with Gasteiger partial charge in [-0.15, -0.1) is 0 Å². The quantitative estimate of drug-likeness (QED) is 0.792. The van der Waals surface area contributed by atoms with Gasteiger partial charge < -0.3 is 10.6 Å². The lowest BCUT2D eigenvalue weighted by Gasteiger charge is -2.07. The van der Waals surface area contributed by atoms with Gasteiger partial charge in [-0.1, -0.05) is 12.1 Å². The number of nitrogens with one attached hydrogen (secondary N) is 3. The number of aromatic amines is 1. The monoisotopic (exact) mass is 266 g/mol. The molecule has 0 saturated carbocycles. The smallest absolute Gasteiger partial charge is 0.319 e. The molecule has 7 heteroatoms. The van der Waals surface area contributed by atoms with Gasteiger partial charge in [0.2, 0.25) is 0 Å². The third-order valence-corrected chi connectivity index (χ3v) is 2.47. The molecule has 2 amide bonds. The molecule has 0 aliphatic carbocycles. The molecule has 0 unspecified atom stereocenters. The Morgan fingerprint density at radius 2 is 2.21 bits per heavy atom. The first kappa shape index (κ1) is 13.0. The summed E-state index contributed by atoms with van der Waals surface area (Å²) in [4.78, 5) is 11.4. The lowest BCUT2D eigenvalue weighted by Crippen LogP contribution is -2.30. The third kappa shape index (κ3) is 3.51. The van der Waals surface area contributed by atoms with E-state index < -0.39 is 17.7 Å². The topological polar surface area (TPSA) is 69.8 Å². The van der Waals surface area contributed by atoms with Crippen LogP contribution in [0.15, 0.2) is 30.6 Å². The van der Waals surface area contributed by atoms with E-state index in [2.05, 4.69) is 20.8 Å². The number of benzene rings is 1. The van der Waals surface area contributed by atoms with Crippen LogP contribution in [-0.2, 0) is 6.42 Å². The Kier molecular flexibility index (Phi) is 4.07. The average Bonchev–Trinajstić information content (AvgIpc) is 2.87. The highest BCUT2D eigenvalue weighted by molar-refractivity contribution is 5.88. The predicted molar refractivity (Wildman–Crippen MR) is 65.7 cm³/mol. The highest BCUT2D eigenvalue weighted by atomic mass is 19.2. The molecule has 0 aliphatic rings. The van der Waals surface area contributed by atoms with Crippen LogP contribution in [0, 0.1) is 11.6 Å². The molecule has 0 spiro atoms. The number of aromatic nitrogens is 2. The van der Waals surface area contributed by atoms with Crippen LogP contribution < -0.4 is 10.6 Å². The number of halogens is 2. The summed E-state index contributed by atoms with van der Waals surface area (Å²) in [5, 5.41) is 11.3. The number of rotatable bonds is 4. The van der Waals surface area contributed by atoms with E-state index in [4.69, 9.17) is 0 Å². The van der Waals surface area contributed by atoms with Crippen molar-refractivity contribution in [2.24, 2.45) is 0 Å². The lowest BCUT2D eigenvalue weighted by atomic mass is 10.1. The Morgan fingerprint density at radius 1 is 1.37 bits per heavy atom. The summed E-state index contributed by atoms with van der Waals surface area (Å²) in [5.41, 5.74) is 0.748. The Hall–Kier alpha value is -2.44. The van der Waals surface area contributed by atoms with Crippen LogP contribution in [0.4, 0.5) is 19.3 Å². The SMILES string of the molecule is O=C(NCCc1cccc(F)c1F)Nc1cn[nH]c1. The molecule has 0 saturated heterocycles. The summed E-state index contributed by atoms with van der Waals surface area (Å²) < 4.78 is 26.2. The van der Waals surface area contributed by atoms with Gasteiger partial charge in [-0.2, -0.15) is 5.10 Å². The van der Waals surface area contributed by atoms with Crippen LogP contribution in [0.2, 0.25) is 0 Å². The van der Waals surface area contributed by atoms with Gasteiger partial charge in [-0.25, -0.2) is 13.6 Å². The Morgan fingerprint density at radius 3 is 2.95 bits per heavy atom. The van der Waals surface area contributed by atoms with Gasteiger partial charge in [0.15, 0.2) is 11.6 Å². The zero-order chi connectivity index (χ0) is 13.7. The summed E-state index contributed by atoms with van der Waals surface area (Å²) in [5.74, 6) is -1.76. The number of H-pyrrole nitrogens is 1. The number of carbonyl (C=O) groups is 1. The van der Waals surface area contributed by atoms with E-state index in [1.54, 1.807) is 0 Å². The van der Waals surface area contributed by atoms with E-state index in [-0.39, 0.29) is 18.5 Å². The molecular weight excluding hydrogens is 254 g/mol. The van der Waals surface area contributed by atoms with Gasteiger partial charge >= 0.3 is 6.03 Å². The van der Waals surface area contributed by atoms with Crippen molar-refractivity contribution in [2.75, 3.05) is 11.9 Å². The van der Waals surface area contributed by atoms with Gasteiger partial charge in [-0.05, 0) is 18.1 Å². The van der Waals surface area contributed by atoms with Gasteiger partial charge in [0.05, 0.1) is 11.9 Å². The van der Waals surface area contributed by atoms with Gasteiger partial charge in [0.1, 0.15) is 0 Å². The van der Waals surface area contributed by atoms with Crippen molar-refractivity contribution in [1.82, 2.24) is 15.5 Å². The number of carbonyl (C=O) groups excluding carboxylic acids is 1. The van der Waals surface area contributed by atoms with Crippen molar-refractivity contribution < 1.29 is 13.6 Å². The van der Waals surface area contributed by atoms with Gasteiger partial charge in [-0.3, -0.25) is 5.10 Å². The second kappa shape index (κ2) is 5.94. The minimum absolute atomic E-state index is 0.198. The van der Waals surface area contributed by atoms with E-state index in [1.807, 2.05) is 0 Å². The summed E-state index contributed by atoms with van der Waals surface area (Å²) in [6.07, 6.45) is 3.18. The molecule has 1 heterocycles. The van der Waals surface area contributed by atoms with Crippen molar-refractivity contribution in [1.29, 1.82) is 0 Å². The largest absolute Gasteiger partial charge is 0.338 e. The normalized spacial score (nSPS) is 10.2. The number of amides is 2. The van der Waals surface area contributed by atoms with Crippen molar-refractivity contribution >= 4 is 11.7 Å². The highest BCUT2D eigenvalue weighted by Gasteiger charge is 2.08. The molecule has 0 bridgehead atoms. The van der Waals surface area contributed by atoms with Crippen molar-refractivity contribution in [2.45, 2.75) is 6.42 Å². The van der Waals surface area contributed by atoms with E-state index in [0.717, 1.165) is 6.07 Å². The zero-order valence-corrected chi connectivity index (χ0v) is 9.91. The maximum absolute atomic E-state index is 13.3. The molecule has 1 aromatic heterocycles. The van der Waals surface area contributed by atoms with Crippen LogP contribution >= 0.6 is 0 Å². The molecular formula is C12H12F2N4O. The predicted octanol–water partition coefficient (Wildman–Crippen LogP) is 2.05. The lowest BCUT2D eigenvalue weighted by molar-refractivity contribution is 0.252. The van der Waals surface area contributed by atoms with E-state index in [9.17, 15) is 13.6 Å². The molecule has 0 radical (unpaired) electrons. The second-order valence-electron chi connectivity index (χ2n) is 3.83. The number of nitrogens with zero attached hydrogens (tertiary/aromatic N) is 1. The van der Waals surface area contributed by atoms with Crippen LogP contribution in [0.25, 0.3) is 0 Å². The molecule has 2 rings (SSSR count).